The van der Waals surface area contributed by atoms with E-state index in [0.29, 0.717) is 23.7 Å². The van der Waals surface area contributed by atoms with Crippen LogP contribution in [0, 0.1) is 17.0 Å². The highest BCUT2D eigenvalue weighted by Crippen LogP contribution is 2.20. The molecular weight excluding hydrogens is 390 g/mol. The van der Waals surface area contributed by atoms with Crippen molar-refractivity contribution >= 4 is 17.4 Å². The molecule has 30 heavy (non-hydrogen) atoms. The van der Waals surface area contributed by atoms with E-state index >= 15 is 0 Å². The maximum Gasteiger partial charge on any atom is 0.346 e. The van der Waals surface area contributed by atoms with Crippen molar-refractivity contribution in [1.82, 2.24) is 24.1 Å². The molecule has 4 rings (SSSR count). The van der Waals surface area contributed by atoms with Gasteiger partial charge >= 0.3 is 5.69 Å². The van der Waals surface area contributed by atoms with Crippen LogP contribution in [0.25, 0.3) is 5.69 Å². The highest BCUT2D eigenvalue weighted by Gasteiger charge is 2.18. The van der Waals surface area contributed by atoms with Gasteiger partial charge in [0.1, 0.15) is 18.2 Å². The normalized spacial score (nSPS) is 13.5. The topological polar surface area (TPSA) is 130 Å². The van der Waals surface area contributed by atoms with Gasteiger partial charge in [-0.15, -0.1) is 0 Å². The predicted molar refractivity (Wildman–Crippen MR) is 108 cm³/mol. The molecule has 0 fully saturated rings. The van der Waals surface area contributed by atoms with E-state index < -0.39 is 10.8 Å². The number of anilines is 1. The third-order valence-electron chi connectivity index (χ3n) is 4.98. The summed E-state index contributed by atoms with van der Waals surface area (Å²) >= 11 is 0. The second-order valence-electron chi connectivity index (χ2n) is 7.22. The minimum atomic E-state index is -0.481. The van der Waals surface area contributed by atoms with E-state index in [1.165, 1.54) is 21.5 Å². The summed E-state index contributed by atoms with van der Waals surface area (Å²) in [6, 6.07) is 7.53. The van der Waals surface area contributed by atoms with Crippen molar-refractivity contribution in [3.8, 4) is 5.69 Å². The van der Waals surface area contributed by atoms with E-state index in [1.807, 2.05) is 0 Å². The van der Waals surface area contributed by atoms with Gasteiger partial charge in [0.15, 0.2) is 0 Å². The average Bonchev–Trinajstić information content (AvgIpc) is 3.10. The van der Waals surface area contributed by atoms with Crippen molar-refractivity contribution < 1.29 is 9.72 Å². The molecule has 0 bridgehead atoms. The van der Waals surface area contributed by atoms with Crippen molar-refractivity contribution in [2.75, 3.05) is 5.32 Å². The number of hydrogen-bond acceptors (Lipinski definition) is 6. The fraction of sp³-hybridized carbons (Fsp3) is 0.368. The van der Waals surface area contributed by atoms with Crippen LogP contribution >= 0.6 is 0 Å². The van der Waals surface area contributed by atoms with Crippen LogP contribution in [0.15, 0.2) is 35.1 Å². The number of rotatable bonds is 5. The molecule has 3 aromatic rings. The smallest absolute Gasteiger partial charge is 0.309 e. The first-order valence-electron chi connectivity index (χ1n) is 9.70. The molecular formula is C19H21N7O4. The SMILES string of the molecule is Cc1cc(NC(=O)Cn2nc3n(c2=O)CCCCC3)n(-c2ccc([N+](=O)[O-])cc2)n1. The Labute approximate surface area is 171 Å². The zero-order chi connectivity index (χ0) is 21.3. The van der Waals surface area contributed by atoms with E-state index in [4.69, 9.17) is 0 Å². The Bertz CT molecular complexity index is 1160. The lowest BCUT2D eigenvalue weighted by atomic mass is 10.2. The molecule has 0 spiro atoms. The molecule has 0 saturated carbocycles. The summed E-state index contributed by atoms with van der Waals surface area (Å²) in [5.74, 6) is 0.714. The molecule has 11 nitrogen and oxygen atoms in total. The van der Waals surface area contributed by atoms with Crippen LogP contribution in [-0.4, -0.2) is 35.0 Å². The van der Waals surface area contributed by atoms with Crippen LogP contribution in [-0.2, 0) is 24.3 Å². The average molecular weight is 411 g/mol. The molecule has 0 unspecified atom stereocenters. The van der Waals surface area contributed by atoms with Crippen LogP contribution in [0.5, 0.6) is 0 Å². The number of non-ortho nitro benzene ring substituents is 1. The van der Waals surface area contributed by atoms with Gasteiger partial charge in [-0.3, -0.25) is 19.5 Å². The maximum absolute atomic E-state index is 12.6. The zero-order valence-corrected chi connectivity index (χ0v) is 16.4. The second-order valence-corrected chi connectivity index (χ2v) is 7.22. The number of nitrogens with zero attached hydrogens (tertiary/aromatic N) is 6. The number of aromatic nitrogens is 5. The minimum Gasteiger partial charge on any atom is -0.309 e. The van der Waals surface area contributed by atoms with Gasteiger partial charge in [0.05, 0.1) is 16.3 Å². The Morgan fingerprint density at radius 1 is 1.20 bits per heavy atom. The number of fused-ring (bicyclic) bond motifs is 1. The first-order chi connectivity index (χ1) is 14.4. The molecule has 0 radical (unpaired) electrons. The molecule has 0 atom stereocenters. The maximum atomic E-state index is 12.6. The molecule has 1 amide bonds. The summed E-state index contributed by atoms with van der Waals surface area (Å²) in [7, 11) is 0. The fourth-order valence-corrected chi connectivity index (χ4v) is 3.55. The first kappa shape index (κ1) is 19.6. The van der Waals surface area contributed by atoms with Crippen molar-refractivity contribution in [3.05, 3.63) is 62.4 Å². The number of carbonyl (C=O) groups is 1. The minimum absolute atomic E-state index is 0.0351. The number of carbonyl (C=O) groups excluding carboxylic acids is 1. The third-order valence-corrected chi connectivity index (χ3v) is 4.98. The summed E-state index contributed by atoms with van der Waals surface area (Å²) < 4.78 is 4.32. The van der Waals surface area contributed by atoms with Gasteiger partial charge in [-0.25, -0.2) is 14.2 Å². The van der Waals surface area contributed by atoms with E-state index in [2.05, 4.69) is 15.5 Å². The van der Waals surface area contributed by atoms with Crippen LogP contribution < -0.4 is 11.0 Å². The number of nitro groups is 1. The highest BCUT2D eigenvalue weighted by molar-refractivity contribution is 5.90. The molecule has 1 N–H and O–H groups in total. The number of benzene rings is 1. The lowest BCUT2D eigenvalue weighted by Crippen LogP contribution is -2.30. The monoisotopic (exact) mass is 411 g/mol. The number of nitrogens with one attached hydrogen (secondary N) is 1. The molecule has 1 aromatic carbocycles. The second kappa shape index (κ2) is 7.93. The summed E-state index contributed by atoms with van der Waals surface area (Å²) in [6.45, 7) is 2.19. The summed E-state index contributed by atoms with van der Waals surface area (Å²) in [6.07, 6.45) is 3.71. The van der Waals surface area contributed by atoms with Crippen molar-refractivity contribution in [2.24, 2.45) is 0 Å². The van der Waals surface area contributed by atoms with Gasteiger partial charge < -0.3 is 5.32 Å². The van der Waals surface area contributed by atoms with Crippen molar-refractivity contribution in [3.63, 3.8) is 0 Å². The Morgan fingerprint density at radius 2 is 1.97 bits per heavy atom. The highest BCUT2D eigenvalue weighted by atomic mass is 16.6. The quantitative estimate of drug-likeness (QED) is 0.503. The van der Waals surface area contributed by atoms with Crippen LogP contribution in [0.3, 0.4) is 0 Å². The number of hydrogen-bond donors (Lipinski definition) is 1. The van der Waals surface area contributed by atoms with Crippen molar-refractivity contribution in [1.29, 1.82) is 0 Å². The van der Waals surface area contributed by atoms with Gasteiger partial charge in [-0.05, 0) is 31.9 Å². The molecule has 2 aromatic heterocycles. The van der Waals surface area contributed by atoms with Gasteiger partial charge in [-0.2, -0.15) is 10.2 Å². The molecule has 1 aliphatic heterocycles. The molecule has 3 heterocycles. The van der Waals surface area contributed by atoms with Gasteiger partial charge in [0, 0.05) is 31.2 Å². The Kier molecular flexibility index (Phi) is 5.17. The predicted octanol–water partition coefficient (Wildman–Crippen LogP) is 1.81. The summed E-state index contributed by atoms with van der Waals surface area (Å²) in [4.78, 5) is 35.5. The van der Waals surface area contributed by atoms with E-state index in [0.717, 1.165) is 31.5 Å². The lowest BCUT2D eigenvalue weighted by molar-refractivity contribution is -0.384. The first-order valence-corrected chi connectivity index (χ1v) is 9.70. The standard InChI is InChI=1S/C19H21N7O4/c1-13-11-17(25(21-13)14-6-8-15(9-7-14)26(29)30)20-18(27)12-24-19(28)23-10-4-2-3-5-16(23)22-24/h6-9,11H,2-5,10,12H2,1H3,(H,20,27). The van der Waals surface area contributed by atoms with Gasteiger partial charge in [0.25, 0.3) is 5.69 Å². The zero-order valence-electron chi connectivity index (χ0n) is 16.4. The Morgan fingerprint density at radius 3 is 2.70 bits per heavy atom. The Balaban J connectivity index is 1.53. The molecule has 0 saturated heterocycles. The van der Waals surface area contributed by atoms with Gasteiger partial charge in [-0.1, -0.05) is 6.42 Å². The number of nitro benzene ring substituents is 1. The number of amides is 1. The van der Waals surface area contributed by atoms with Crippen molar-refractivity contribution in [2.45, 2.75) is 45.7 Å². The summed E-state index contributed by atoms with van der Waals surface area (Å²) in [5, 5.41) is 22.3. The molecule has 0 aliphatic carbocycles. The van der Waals surface area contributed by atoms with E-state index in [9.17, 15) is 19.7 Å². The van der Waals surface area contributed by atoms with E-state index in [1.54, 1.807) is 29.7 Å². The molecule has 11 heteroatoms. The molecule has 156 valence electrons. The van der Waals surface area contributed by atoms with Crippen LogP contribution in [0.4, 0.5) is 11.5 Å². The largest absolute Gasteiger partial charge is 0.346 e. The van der Waals surface area contributed by atoms with Crippen LogP contribution in [0.1, 0.15) is 30.8 Å². The Hall–Kier alpha value is -3.76. The summed E-state index contributed by atoms with van der Waals surface area (Å²) in [5.41, 5.74) is 0.915. The number of aryl methyl sites for hydroxylation is 2. The lowest BCUT2D eigenvalue weighted by Gasteiger charge is -2.08. The fourth-order valence-electron chi connectivity index (χ4n) is 3.55. The van der Waals surface area contributed by atoms with Gasteiger partial charge in [0.2, 0.25) is 5.91 Å². The third kappa shape index (κ3) is 3.86. The van der Waals surface area contributed by atoms with E-state index in [-0.39, 0.29) is 17.9 Å². The van der Waals surface area contributed by atoms with Crippen LogP contribution in [0.2, 0.25) is 0 Å². The molecule has 1 aliphatic rings.